The van der Waals surface area contributed by atoms with Crippen LogP contribution in [-0.4, -0.2) is 25.1 Å². The van der Waals surface area contributed by atoms with Crippen molar-refractivity contribution >= 4 is 43.7 Å². The summed E-state index contributed by atoms with van der Waals surface area (Å²) in [6.45, 7) is 1.82. The number of carbonyl (C=O) groups is 2. The van der Waals surface area contributed by atoms with Crippen LogP contribution in [0.2, 0.25) is 0 Å². The Labute approximate surface area is 139 Å². The minimum atomic E-state index is -0.505. The Morgan fingerprint density at radius 3 is 2.33 bits per heavy atom. The summed E-state index contributed by atoms with van der Waals surface area (Å²) >= 11 is 6.69. The number of benzene rings is 1. The number of ether oxygens (including phenoxy) is 2. The second-order valence-corrected chi connectivity index (χ2v) is 5.89. The number of esters is 1. The number of primary amides is 1. The molecule has 0 aromatic heterocycles. The van der Waals surface area contributed by atoms with E-state index < -0.39 is 17.9 Å². The van der Waals surface area contributed by atoms with Crippen LogP contribution in [0, 0.1) is 0 Å². The first kappa shape index (κ1) is 17.9. The smallest absolute Gasteiger partial charge is 0.344 e. The van der Waals surface area contributed by atoms with Crippen molar-refractivity contribution in [2.45, 2.75) is 19.4 Å². The highest BCUT2D eigenvalue weighted by Gasteiger charge is 2.16. The molecule has 0 spiro atoms. The van der Waals surface area contributed by atoms with Crippen molar-refractivity contribution in [3.63, 3.8) is 0 Å². The summed E-state index contributed by atoms with van der Waals surface area (Å²) in [5.41, 5.74) is 11.7. The topological polar surface area (TPSA) is 105 Å². The van der Waals surface area contributed by atoms with Crippen molar-refractivity contribution in [3.05, 3.63) is 26.6 Å². The Morgan fingerprint density at radius 1 is 1.29 bits per heavy atom. The second-order valence-electron chi connectivity index (χ2n) is 4.18. The lowest BCUT2D eigenvalue weighted by atomic mass is 10.0. The van der Waals surface area contributed by atoms with E-state index in [0.717, 1.165) is 5.56 Å². The largest absolute Gasteiger partial charge is 0.480 e. The van der Waals surface area contributed by atoms with Crippen LogP contribution in [-0.2, 0) is 14.3 Å². The number of halogens is 2. The highest BCUT2D eigenvalue weighted by atomic mass is 79.9. The van der Waals surface area contributed by atoms with Gasteiger partial charge in [-0.25, -0.2) is 4.79 Å². The van der Waals surface area contributed by atoms with Gasteiger partial charge in [-0.1, -0.05) is 0 Å². The highest BCUT2D eigenvalue weighted by Crippen LogP contribution is 2.36. The van der Waals surface area contributed by atoms with Crippen LogP contribution in [0.25, 0.3) is 0 Å². The molecule has 0 heterocycles. The van der Waals surface area contributed by atoms with Gasteiger partial charge in [0.1, 0.15) is 5.75 Å². The maximum absolute atomic E-state index is 11.3. The maximum atomic E-state index is 11.3. The molecule has 0 bridgehead atoms. The van der Waals surface area contributed by atoms with Gasteiger partial charge in [0.2, 0.25) is 5.91 Å². The van der Waals surface area contributed by atoms with Gasteiger partial charge in [0.25, 0.3) is 0 Å². The van der Waals surface area contributed by atoms with Crippen LogP contribution < -0.4 is 16.2 Å². The van der Waals surface area contributed by atoms with Crippen LogP contribution in [0.15, 0.2) is 21.1 Å². The second kappa shape index (κ2) is 8.35. The zero-order valence-corrected chi connectivity index (χ0v) is 14.6. The average Bonchev–Trinajstić information content (AvgIpc) is 2.37. The van der Waals surface area contributed by atoms with Gasteiger partial charge in [-0.3, -0.25) is 4.79 Å². The third kappa shape index (κ3) is 5.64. The predicted molar refractivity (Wildman–Crippen MR) is 84.7 cm³/mol. The van der Waals surface area contributed by atoms with Crippen LogP contribution in [0.1, 0.15) is 24.9 Å². The lowest BCUT2D eigenvalue weighted by molar-refractivity contribution is -0.145. The van der Waals surface area contributed by atoms with E-state index in [1.165, 1.54) is 0 Å². The minimum absolute atomic E-state index is 0.0436. The number of rotatable bonds is 7. The molecular formula is C13H16Br2N2O4. The van der Waals surface area contributed by atoms with E-state index in [4.69, 9.17) is 20.9 Å². The molecule has 1 aromatic rings. The van der Waals surface area contributed by atoms with Crippen LogP contribution >= 0.6 is 31.9 Å². The van der Waals surface area contributed by atoms with E-state index in [2.05, 4.69) is 31.9 Å². The Hall–Kier alpha value is -1.12. The van der Waals surface area contributed by atoms with Gasteiger partial charge >= 0.3 is 5.97 Å². The molecule has 21 heavy (non-hydrogen) atoms. The molecule has 0 aliphatic rings. The molecule has 0 fully saturated rings. The number of hydrogen-bond acceptors (Lipinski definition) is 5. The molecular weight excluding hydrogens is 408 g/mol. The van der Waals surface area contributed by atoms with Crippen molar-refractivity contribution in [2.24, 2.45) is 11.5 Å². The highest BCUT2D eigenvalue weighted by molar-refractivity contribution is 9.11. The number of carbonyl (C=O) groups excluding carboxylic acids is 2. The van der Waals surface area contributed by atoms with Crippen molar-refractivity contribution in [1.82, 2.24) is 0 Å². The first-order chi connectivity index (χ1) is 9.85. The third-order valence-corrected chi connectivity index (χ3v) is 3.69. The molecule has 0 aliphatic carbocycles. The molecule has 0 saturated carbocycles. The summed E-state index contributed by atoms with van der Waals surface area (Å²) in [6.07, 6.45) is 0.0436. The van der Waals surface area contributed by atoms with Crippen LogP contribution in [0.3, 0.4) is 0 Å². The Kier molecular flexibility index (Phi) is 7.13. The molecule has 1 atom stereocenters. The Balaban J connectivity index is 2.84. The molecule has 1 unspecified atom stereocenters. The summed E-state index contributed by atoms with van der Waals surface area (Å²) in [4.78, 5) is 22.2. The average molecular weight is 424 g/mol. The molecule has 6 nitrogen and oxygen atoms in total. The fourth-order valence-corrected chi connectivity index (χ4v) is 3.05. The molecule has 1 rings (SSSR count). The lowest BCUT2D eigenvalue weighted by Gasteiger charge is -2.15. The molecule has 0 aliphatic heterocycles. The van der Waals surface area contributed by atoms with Crippen LogP contribution in [0.5, 0.6) is 5.75 Å². The van der Waals surface area contributed by atoms with E-state index in [-0.39, 0.29) is 13.0 Å². The van der Waals surface area contributed by atoms with Crippen LogP contribution in [0.4, 0.5) is 0 Å². The van der Waals surface area contributed by atoms with Gasteiger partial charge < -0.3 is 20.9 Å². The molecule has 1 amide bonds. The number of hydrogen-bond donors (Lipinski definition) is 2. The summed E-state index contributed by atoms with van der Waals surface area (Å²) in [5.74, 6) is -0.471. The first-order valence-electron chi connectivity index (χ1n) is 6.16. The van der Waals surface area contributed by atoms with Gasteiger partial charge in [0, 0.05) is 12.5 Å². The Morgan fingerprint density at radius 2 is 1.86 bits per heavy atom. The van der Waals surface area contributed by atoms with Crippen molar-refractivity contribution in [1.29, 1.82) is 0 Å². The van der Waals surface area contributed by atoms with Gasteiger partial charge in [0.15, 0.2) is 6.61 Å². The van der Waals surface area contributed by atoms with Gasteiger partial charge in [0.05, 0.1) is 15.6 Å². The minimum Gasteiger partial charge on any atom is -0.480 e. The van der Waals surface area contributed by atoms with Crippen molar-refractivity contribution in [2.75, 3.05) is 13.2 Å². The molecule has 0 saturated heterocycles. The standard InChI is InChI=1S/C13H16Br2N2O4/c1-2-20-12(19)6-21-13-8(14)3-7(4-9(13)15)10(16)5-11(17)18/h3-4,10H,2,5-6,16H2,1H3,(H2,17,18). The maximum Gasteiger partial charge on any atom is 0.344 e. The fraction of sp³-hybridized carbons (Fsp3) is 0.385. The zero-order chi connectivity index (χ0) is 16.0. The van der Waals surface area contributed by atoms with E-state index >= 15 is 0 Å². The van der Waals surface area contributed by atoms with Gasteiger partial charge in [-0.2, -0.15) is 0 Å². The summed E-state index contributed by atoms with van der Waals surface area (Å²) in [6, 6.07) is 2.94. The summed E-state index contributed by atoms with van der Waals surface area (Å²) < 4.78 is 11.4. The third-order valence-electron chi connectivity index (χ3n) is 2.51. The van der Waals surface area contributed by atoms with E-state index in [9.17, 15) is 9.59 Å². The molecule has 4 N–H and O–H groups in total. The normalized spacial score (nSPS) is 11.8. The molecule has 8 heteroatoms. The first-order valence-corrected chi connectivity index (χ1v) is 7.75. The Bertz CT molecular complexity index is 514. The SMILES string of the molecule is CCOC(=O)COc1c(Br)cc(C(N)CC(N)=O)cc1Br. The quantitative estimate of drug-likeness (QED) is 0.652. The molecule has 1 aromatic carbocycles. The summed E-state index contributed by atoms with van der Waals surface area (Å²) in [7, 11) is 0. The monoisotopic (exact) mass is 422 g/mol. The van der Waals surface area contributed by atoms with Crippen molar-refractivity contribution in [3.8, 4) is 5.75 Å². The summed E-state index contributed by atoms with van der Waals surface area (Å²) in [5, 5.41) is 0. The van der Waals surface area contributed by atoms with Gasteiger partial charge in [-0.15, -0.1) is 0 Å². The predicted octanol–water partition coefficient (Wildman–Crippen LogP) is 2.03. The molecule has 0 radical (unpaired) electrons. The van der Waals surface area contributed by atoms with E-state index in [1.807, 2.05) is 0 Å². The number of amides is 1. The fourth-order valence-electron chi connectivity index (χ4n) is 1.60. The lowest BCUT2D eigenvalue weighted by Crippen LogP contribution is -2.21. The number of nitrogens with two attached hydrogens (primary N) is 2. The van der Waals surface area contributed by atoms with Crippen molar-refractivity contribution < 1.29 is 19.1 Å². The van der Waals surface area contributed by atoms with Gasteiger partial charge in [-0.05, 0) is 56.5 Å². The van der Waals surface area contributed by atoms with E-state index in [0.29, 0.717) is 21.3 Å². The zero-order valence-electron chi connectivity index (χ0n) is 11.4. The van der Waals surface area contributed by atoms with E-state index in [1.54, 1.807) is 19.1 Å². The molecule has 116 valence electrons.